The summed E-state index contributed by atoms with van der Waals surface area (Å²) in [5, 5.41) is 8.02. The zero-order chi connectivity index (χ0) is 11.7. The van der Waals surface area contributed by atoms with Crippen molar-refractivity contribution in [1.82, 2.24) is 0 Å². The lowest BCUT2D eigenvalue weighted by Gasteiger charge is -1.79. The summed E-state index contributed by atoms with van der Waals surface area (Å²) in [6, 6.07) is 1.95. The van der Waals surface area contributed by atoms with Crippen molar-refractivity contribution in [1.29, 1.82) is 0 Å². The maximum Gasteiger partial charge on any atom is 0.328 e. The van der Waals surface area contributed by atoms with Crippen molar-refractivity contribution in [2.75, 3.05) is 0 Å². The van der Waals surface area contributed by atoms with Gasteiger partial charge in [0.1, 0.15) is 5.76 Å². The maximum absolute atomic E-state index is 9.75. The van der Waals surface area contributed by atoms with Gasteiger partial charge >= 0.3 is 5.97 Å². The third kappa shape index (κ3) is 7.31. The molecule has 0 unspecified atom stereocenters. The molecule has 0 amide bonds. The van der Waals surface area contributed by atoms with Gasteiger partial charge in [-0.05, 0) is 32.4 Å². The molecule has 0 aliphatic rings. The van der Waals surface area contributed by atoms with E-state index in [4.69, 9.17) is 9.52 Å². The Hall–Kier alpha value is -1.77. The first kappa shape index (κ1) is 13.2. The van der Waals surface area contributed by atoms with Crippen LogP contribution in [0, 0.1) is 13.8 Å². The van der Waals surface area contributed by atoms with Gasteiger partial charge < -0.3 is 9.52 Å². The third-order valence-electron chi connectivity index (χ3n) is 1.66. The molecule has 0 aromatic carbocycles. The van der Waals surface area contributed by atoms with Gasteiger partial charge in [0.05, 0.1) is 6.26 Å². The first-order valence-electron chi connectivity index (χ1n) is 4.61. The van der Waals surface area contributed by atoms with Crippen LogP contribution >= 0.6 is 0 Å². The van der Waals surface area contributed by atoms with Crippen LogP contribution in [0.15, 0.2) is 41.1 Å². The Morgan fingerprint density at radius 3 is 2.33 bits per heavy atom. The summed E-state index contributed by atoms with van der Waals surface area (Å²) in [6.07, 6.45) is 7.68. The molecule has 0 bridgehead atoms. The van der Waals surface area contributed by atoms with Crippen LogP contribution in [0.5, 0.6) is 0 Å². The van der Waals surface area contributed by atoms with Crippen molar-refractivity contribution in [2.24, 2.45) is 0 Å². The van der Waals surface area contributed by atoms with Crippen molar-refractivity contribution >= 4 is 5.97 Å². The fraction of sp³-hybridized carbons (Fsp3) is 0.250. The first-order chi connectivity index (χ1) is 7.07. The highest BCUT2D eigenvalue weighted by Gasteiger charge is 1.88. The monoisotopic (exact) mass is 208 g/mol. The summed E-state index contributed by atoms with van der Waals surface area (Å²) < 4.78 is 4.96. The predicted octanol–water partition coefficient (Wildman–Crippen LogP) is 3.10. The number of allylic oxidation sites excluding steroid dienone is 3. The highest BCUT2D eigenvalue weighted by molar-refractivity contribution is 5.80. The second kappa shape index (κ2) is 7.62. The summed E-state index contributed by atoms with van der Waals surface area (Å²) in [4.78, 5) is 9.75. The minimum atomic E-state index is -0.914. The molecule has 1 N–H and O–H groups in total. The summed E-state index contributed by atoms with van der Waals surface area (Å²) >= 11 is 0. The van der Waals surface area contributed by atoms with Gasteiger partial charge in [-0.2, -0.15) is 0 Å². The molecule has 0 aliphatic carbocycles. The van der Waals surface area contributed by atoms with E-state index < -0.39 is 5.97 Å². The van der Waals surface area contributed by atoms with E-state index in [1.807, 2.05) is 26.8 Å². The van der Waals surface area contributed by atoms with Crippen LogP contribution in [-0.2, 0) is 4.79 Å². The third-order valence-corrected chi connectivity index (χ3v) is 1.66. The highest BCUT2D eigenvalue weighted by atomic mass is 16.4. The fourth-order valence-corrected chi connectivity index (χ4v) is 0.697. The van der Waals surface area contributed by atoms with E-state index in [1.165, 1.54) is 11.6 Å². The van der Waals surface area contributed by atoms with Crippen LogP contribution in [0.2, 0.25) is 0 Å². The van der Waals surface area contributed by atoms with Gasteiger partial charge in [0.15, 0.2) is 0 Å². The average Bonchev–Trinajstić information content (AvgIpc) is 2.52. The first-order valence-corrected chi connectivity index (χ1v) is 4.61. The quantitative estimate of drug-likeness (QED) is 0.600. The molecule has 15 heavy (non-hydrogen) atoms. The Balaban J connectivity index is 0.000000262. The largest absolute Gasteiger partial charge is 0.478 e. The summed E-state index contributed by atoms with van der Waals surface area (Å²) in [6.45, 7) is 5.81. The standard InChI is InChI=1S/C6H8O2.C6H8O/c1-2-3-4-5-6(7)8;1-5-3-4-7-6(5)2/h2-5H,1H3,(H,7,8);3-4H,1-2H3/b3-2+,5-4+;. The van der Waals surface area contributed by atoms with E-state index in [2.05, 4.69) is 0 Å². The molecule has 0 atom stereocenters. The van der Waals surface area contributed by atoms with Crippen LogP contribution in [-0.4, -0.2) is 11.1 Å². The normalized spacial score (nSPS) is 10.3. The SMILES string of the molecule is C/C=C/C=C/C(=O)O.Cc1ccoc1C. The van der Waals surface area contributed by atoms with Gasteiger partial charge in [-0.15, -0.1) is 0 Å². The van der Waals surface area contributed by atoms with Crippen LogP contribution in [0.25, 0.3) is 0 Å². The topological polar surface area (TPSA) is 50.4 Å². The van der Waals surface area contributed by atoms with Crippen molar-refractivity contribution in [3.8, 4) is 0 Å². The van der Waals surface area contributed by atoms with Crippen LogP contribution < -0.4 is 0 Å². The van der Waals surface area contributed by atoms with E-state index in [0.717, 1.165) is 11.8 Å². The van der Waals surface area contributed by atoms with E-state index in [0.29, 0.717) is 0 Å². The van der Waals surface area contributed by atoms with Crippen molar-refractivity contribution in [3.63, 3.8) is 0 Å². The Kier molecular flexibility index (Phi) is 6.72. The van der Waals surface area contributed by atoms with Gasteiger partial charge in [-0.3, -0.25) is 0 Å². The molecule has 0 radical (unpaired) electrons. The average molecular weight is 208 g/mol. The van der Waals surface area contributed by atoms with Gasteiger partial charge in [0.2, 0.25) is 0 Å². The molecule has 3 heteroatoms. The zero-order valence-corrected chi connectivity index (χ0v) is 9.23. The molecule has 3 nitrogen and oxygen atoms in total. The molecule has 0 saturated heterocycles. The molecule has 0 spiro atoms. The Labute approximate surface area is 89.7 Å². The Morgan fingerprint density at radius 1 is 1.40 bits per heavy atom. The zero-order valence-electron chi connectivity index (χ0n) is 9.23. The molecule has 0 aliphatic heterocycles. The lowest BCUT2D eigenvalue weighted by molar-refractivity contribution is -0.131. The van der Waals surface area contributed by atoms with E-state index >= 15 is 0 Å². The highest BCUT2D eigenvalue weighted by Crippen LogP contribution is 2.04. The van der Waals surface area contributed by atoms with E-state index in [9.17, 15) is 4.79 Å². The number of carbonyl (C=O) groups is 1. The smallest absolute Gasteiger partial charge is 0.328 e. The molecular formula is C12H16O3. The van der Waals surface area contributed by atoms with Crippen LogP contribution in [0.1, 0.15) is 18.2 Å². The number of hydrogen-bond donors (Lipinski definition) is 1. The van der Waals surface area contributed by atoms with Crippen LogP contribution in [0.3, 0.4) is 0 Å². The molecule has 1 rings (SSSR count). The summed E-state index contributed by atoms with van der Waals surface area (Å²) in [7, 11) is 0. The minimum absolute atomic E-state index is 0.914. The lowest BCUT2D eigenvalue weighted by Crippen LogP contribution is -1.83. The molecule has 0 saturated carbocycles. The summed E-state index contributed by atoms with van der Waals surface area (Å²) in [5.74, 6) is 0.100. The molecule has 0 fully saturated rings. The number of rotatable bonds is 2. The van der Waals surface area contributed by atoms with Crippen molar-refractivity contribution in [3.05, 3.63) is 48.0 Å². The molecular weight excluding hydrogens is 192 g/mol. The number of furan rings is 1. The van der Waals surface area contributed by atoms with Crippen molar-refractivity contribution < 1.29 is 14.3 Å². The van der Waals surface area contributed by atoms with Gasteiger partial charge in [-0.25, -0.2) is 4.79 Å². The number of hydrogen-bond acceptors (Lipinski definition) is 2. The molecule has 1 aromatic heterocycles. The molecule has 1 aromatic rings. The van der Waals surface area contributed by atoms with Gasteiger partial charge in [0.25, 0.3) is 0 Å². The van der Waals surface area contributed by atoms with Crippen molar-refractivity contribution in [2.45, 2.75) is 20.8 Å². The second-order valence-corrected chi connectivity index (χ2v) is 2.88. The Bertz CT molecular complexity index is 329. The molecule has 82 valence electrons. The van der Waals surface area contributed by atoms with Gasteiger partial charge in [0, 0.05) is 6.08 Å². The predicted molar refractivity (Wildman–Crippen MR) is 59.8 cm³/mol. The number of aliphatic carboxylic acids is 1. The van der Waals surface area contributed by atoms with Gasteiger partial charge in [-0.1, -0.05) is 18.2 Å². The maximum atomic E-state index is 9.75. The number of aryl methyl sites for hydroxylation is 2. The minimum Gasteiger partial charge on any atom is -0.478 e. The number of carboxylic acid groups (broad SMARTS) is 1. The molecule has 1 heterocycles. The fourth-order valence-electron chi connectivity index (χ4n) is 0.697. The summed E-state index contributed by atoms with van der Waals surface area (Å²) in [5.41, 5.74) is 1.22. The van der Waals surface area contributed by atoms with E-state index in [-0.39, 0.29) is 0 Å². The number of carboxylic acids is 1. The Morgan fingerprint density at radius 2 is 2.07 bits per heavy atom. The second-order valence-electron chi connectivity index (χ2n) is 2.88. The van der Waals surface area contributed by atoms with E-state index in [1.54, 1.807) is 18.4 Å². The lowest BCUT2D eigenvalue weighted by atomic mass is 10.3. The van der Waals surface area contributed by atoms with Crippen LogP contribution in [0.4, 0.5) is 0 Å².